The molecular weight excluding hydrogens is 258 g/mol. The molecule has 2 saturated carbocycles. The van der Waals surface area contributed by atoms with Gasteiger partial charge in [-0.1, -0.05) is 49.9 Å². The summed E-state index contributed by atoms with van der Waals surface area (Å²) in [5.74, 6) is 0.798. The third-order valence-corrected chi connectivity index (χ3v) is 5.74. The first-order valence-electron chi connectivity index (χ1n) is 8.61. The van der Waals surface area contributed by atoms with Crippen molar-refractivity contribution in [1.82, 2.24) is 5.32 Å². The Morgan fingerprint density at radius 2 is 1.90 bits per heavy atom. The molecule has 0 radical (unpaired) electrons. The predicted octanol–water partition coefficient (Wildman–Crippen LogP) is 4.56. The van der Waals surface area contributed by atoms with E-state index in [1.165, 1.54) is 62.5 Å². The van der Waals surface area contributed by atoms with Crippen LogP contribution < -0.4 is 5.32 Å². The SMILES string of the molecule is CNC(c1cccc(C2CCC2)c1)C1(OC)CCCCC1. The van der Waals surface area contributed by atoms with Crippen LogP contribution in [0.15, 0.2) is 24.3 Å². The summed E-state index contributed by atoms with van der Waals surface area (Å²) in [5, 5.41) is 3.56. The standard InChI is InChI=1S/C19H29NO/c1-20-18(19(21-2)12-4-3-5-13-19)17-11-7-10-16(14-17)15-8-6-9-15/h7,10-11,14-15,18,20H,3-6,8-9,12-13H2,1-2H3. The Bertz CT molecular complexity index is 460. The van der Waals surface area contributed by atoms with Crippen molar-refractivity contribution in [3.05, 3.63) is 35.4 Å². The van der Waals surface area contributed by atoms with Crippen LogP contribution in [-0.2, 0) is 4.74 Å². The first-order chi connectivity index (χ1) is 10.3. The quantitative estimate of drug-likeness (QED) is 0.857. The Morgan fingerprint density at radius 3 is 2.48 bits per heavy atom. The van der Waals surface area contributed by atoms with Crippen LogP contribution in [0.25, 0.3) is 0 Å². The van der Waals surface area contributed by atoms with E-state index in [0.29, 0.717) is 6.04 Å². The van der Waals surface area contributed by atoms with Crippen molar-refractivity contribution in [2.75, 3.05) is 14.2 Å². The highest BCUT2D eigenvalue weighted by molar-refractivity contribution is 5.31. The van der Waals surface area contributed by atoms with Crippen molar-refractivity contribution in [2.45, 2.75) is 68.9 Å². The maximum absolute atomic E-state index is 6.06. The number of methoxy groups -OCH3 is 1. The molecule has 1 atom stereocenters. The van der Waals surface area contributed by atoms with Gasteiger partial charge in [0.25, 0.3) is 0 Å². The molecule has 2 nitrogen and oxygen atoms in total. The van der Waals surface area contributed by atoms with E-state index in [1.807, 2.05) is 7.11 Å². The lowest BCUT2D eigenvalue weighted by atomic mass is 9.75. The van der Waals surface area contributed by atoms with Crippen molar-refractivity contribution >= 4 is 0 Å². The van der Waals surface area contributed by atoms with Gasteiger partial charge in [0.2, 0.25) is 0 Å². The molecule has 0 bridgehead atoms. The van der Waals surface area contributed by atoms with Gasteiger partial charge in [0.15, 0.2) is 0 Å². The van der Waals surface area contributed by atoms with Crippen molar-refractivity contribution in [3.63, 3.8) is 0 Å². The Kier molecular flexibility index (Phi) is 4.66. The molecule has 2 aliphatic rings. The average molecular weight is 287 g/mol. The zero-order valence-corrected chi connectivity index (χ0v) is 13.5. The topological polar surface area (TPSA) is 21.3 Å². The third-order valence-electron chi connectivity index (χ3n) is 5.74. The monoisotopic (exact) mass is 287 g/mol. The first kappa shape index (κ1) is 15.1. The van der Waals surface area contributed by atoms with Crippen LogP contribution in [0.2, 0.25) is 0 Å². The largest absolute Gasteiger partial charge is 0.376 e. The molecule has 2 heteroatoms. The van der Waals surface area contributed by atoms with E-state index >= 15 is 0 Å². The van der Waals surface area contributed by atoms with Gasteiger partial charge >= 0.3 is 0 Å². The molecule has 0 amide bonds. The highest BCUT2D eigenvalue weighted by Gasteiger charge is 2.40. The van der Waals surface area contributed by atoms with E-state index in [0.717, 1.165) is 5.92 Å². The number of benzene rings is 1. The van der Waals surface area contributed by atoms with Crippen LogP contribution in [0.5, 0.6) is 0 Å². The number of hydrogen-bond acceptors (Lipinski definition) is 2. The van der Waals surface area contributed by atoms with Crippen LogP contribution in [-0.4, -0.2) is 19.8 Å². The molecule has 0 heterocycles. The van der Waals surface area contributed by atoms with Gasteiger partial charge in [-0.25, -0.2) is 0 Å². The molecule has 1 aromatic carbocycles. The van der Waals surface area contributed by atoms with E-state index in [9.17, 15) is 0 Å². The molecule has 2 fully saturated rings. The summed E-state index contributed by atoms with van der Waals surface area (Å²) >= 11 is 0. The van der Waals surface area contributed by atoms with E-state index < -0.39 is 0 Å². The minimum atomic E-state index is -0.0226. The molecular formula is C19H29NO. The second-order valence-corrected chi connectivity index (χ2v) is 6.85. The Balaban J connectivity index is 1.87. The molecule has 1 unspecified atom stereocenters. The summed E-state index contributed by atoms with van der Waals surface area (Å²) in [6.45, 7) is 0. The predicted molar refractivity (Wildman–Crippen MR) is 87.7 cm³/mol. The van der Waals surface area contributed by atoms with Crippen molar-refractivity contribution in [1.29, 1.82) is 0 Å². The summed E-state index contributed by atoms with van der Waals surface area (Å²) in [5.41, 5.74) is 2.91. The number of ether oxygens (including phenoxy) is 1. The second kappa shape index (κ2) is 6.50. The zero-order valence-electron chi connectivity index (χ0n) is 13.5. The van der Waals surface area contributed by atoms with E-state index in [4.69, 9.17) is 4.74 Å². The smallest absolute Gasteiger partial charge is 0.0872 e. The summed E-state index contributed by atoms with van der Waals surface area (Å²) < 4.78 is 6.06. The number of likely N-dealkylation sites (N-methyl/N-ethyl adjacent to an activating group) is 1. The minimum absolute atomic E-state index is 0.0226. The zero-order chi connectivity index (χ0) is 14.7. The molecule has 0 spiro atoms. The van der Waals surface area contributed by atoms with Gasteiger partial charge < -0.3 is 10.1 Å². The van der Waals surface area contributed by atoms with Crippen LogP contribution >= 0.6 is 0 Å². The number of rotatable bonds is 5. The van der Waals surface area contributed by atoms with E-state index in [1.54, 1.807) is 0 Å². The van der Waals surface area contributed by atoms with Crippen molar-refractivity contribution in [3.8, 4) is 0 Å². The molecule has 2 aliphatic carbocycles. The Hall–Kier alpha value is -0.860. The highest BCUT2D eigenvalue weighted by Crippen LogP contribution is 2.42. The van der Waals surface area contributed by atoms with Crippen LogP contribution in [0.1, 0.15) is 74.5 Å². The molecule has 1 aromatic rings. The molecule has 0 saturated heterocycles. The summed E-state index contributed by atoms with van der Waals surface area (Å²) in [6.07, 6.45) is 10.4. The Morgan fingerprint density at radius 1 is 1.14 bits per heavy atom. The van der Waals surface area contributed by atoms with Gasteiger partial charge in [-0.2, -0.15) is 0 Å². The third kappa shape index (κ3) is 2.89. The highest BCUT2D eigenvalue weighted by atomic mass is 16.5. The van der Waals surface area contributed by atoms with Crippen LogP contribution in [0, 0.1) is 0 Å². The number of hydrogen-bond donors (Lipinski definition) is 1. The molecule has 0 aromatic heterocycles. The van der Waals surface area contributed by atoms with Gasteiger partial charge in [0, 0.05) is 7.11 Å². The maximum Gasteiger partial charge on any atom is 0.0872 e. The van der Waals surface area contributed by atoms with Crippen molar-refractivity contribution in [2.24, 2.45) is 0 Å². The van der Waals surface area contributed by atoms with Crippen LogP contribution in [0.4, 0.5) is 0 Å². The minimum Gasteiger partial charge on any atom is -0.376 e. The Labute approximate surface area is 129 Å². The molecule has 116 valence electrons. The maximum atomic E-state index is 6.06. The fourth-order valence-corrected chi connectivity index (χ4v) is 4.23. The van der Waals surface area contributed by atoms with Gasteiger partial charge in [0.1, 0.15) is 0 Å². The van der Waals surface area contributed by atoms with E-state index in [2.05, 4.69) is 36.6 Å². The molecule has 3 rings (SSSR count). The molecule has 21 heavy (non-hydrogen) atoms. The van der Waals surface area contributed by atoms with Crippen molar-refractivity contribution < 1.29 is 4.74 Å². The molecule has 0 aliphatic heterocycles. The summed E-state index contributed by atoms with van der Waals surface area (Å²) in [4.78, 5) is 0. The summed E-state index contributed by atoms with van der Waals surface area (Å²) in [6, 6.07) is 9.56. The lowest BCUT2D eigenvalue weighted by molar-refractivity contribution is -0.0671. The van der Waals surface area contributed by atoms with Gasteiger partial charge in [-0.05, 0) is 49.8 Å². The fourth-order valence-electron chi connectivity index (χ4n) is 4.23. The van der Waals surface area contributed by atoms with Gasteiger partial charge in [-0.15, -0.1) is 0 Å². The first-order valence-corrected chi connectivity index (χ1v) is 8.61. The number of nitrogens with one attached hydrogen (secondary N) is 1. The average Bonchev–Trinajstić information content (AvgIpc) is 2.48. The fraction of sp³-hybridized carbons (Fsp3) is 0.684. The van der Waals surface area contributed by atoms with Gasteiger partial charge in [-0.3, -0.25) is 0 Å². The summed E-state index contributed by atoms with van der Waals surface area (Å²) in [7, 11) is 3.97. The van der Waals surface area contributed by atoms with Crippen LogP contribution in [0.3, 0.4) is 0 Å². The second-order valence-electron chi connectivity index (χ2n) is 6.85. The normalized spacial score (nSPS) is 23.5. The lowest BCUT2D eigenvalue weighted by Crippen LogP contribution is -2.46. The van der Waals surface area contributed by atoms with Gasteiger partial charge in [0.05, 0.1) is 11.6 Å². The molecule has 1 N–H and O–H groups in total. The lowest BCUT2D eigenvalue weighted by Gasteiger charge is -2.43. The van der Waals surface area contributed by atoms with E-state index in [-0.39, 0.29) is 5.60 Å².